The summed E-state index contributed by atoms with van der Waals surface area (Å²) in [6.45, 7) is 2.11. The Morgan fingerprint density at radius 3 is 3.05 bits per heavy atom. The van der Waals surface area contributed by atoms with Crippen LogP contribution in [-0.4, -0.2) is 38.3 Å². The van der Waals surface area contributed by atoms with E-state index in [1.54, 1.807) is 18.3 Å². The third-order valence-electron chi connectivity index (χ3n) is 3.43. The van der Waals surface area contributed by atoms with Crippen molar-refractivity contribution in [2.45, 2.75) is 19.0 Å². The van der Waals surface area contributed by atoms with Crippen molar-refractivity contribution in [1.82, 2.24) is 14.3 Å². The van der Waals surface area contributed by atoms with Crippen molar-refractivity contribution in [3.63, 3.8) is 0 Å². The van der Waals surface area contributed by atoms with E-state index in [-0.39, 0.29) is 16.8 Å². The number of fused-ring (bicyclic) bond motifs is 1. The molecule has 0 aliphatic carbocycles. The number of aromatic nitrogens is 2. The Morgan fingerprint density at radius 1 is 1.53 bits per heavy atom. The number of rotatable bonds is 3. The Bertz CT molecular complexity index is 624. The number of likely N-dealkylation sites (tertiary alicyclic amines) is 1. The fourth-order valence-corrected chi connectivity index (χ4v) is 2.55. The van der Waals surface area contributed by atoms with Crippen LogP contribution in [0, 0.1) is 10.1 Å². The van der Waals surface area contributed by atoms with Gasteiger partial charge in [-0.25, -0.2) is 4.98 Å². The topological polar surface area (TPSA) is 89.7 Å². The molecule has 3 heterocycles. The second-order valence-corrected chi connectivity index (χ2v) is 4.85. The zero-order chi connectivity index (χ0) is 13.4. The molecule has 1 aliphatic rings. The van der Waals surface area contributed by atoms with Crippen LogP contribution >= 0.6 is 0 Å². The van der Waals surface area contributed by atoms with Crippen LogP contribution in [-0.2, 0) is 6.54 Å². The highest BCUT2D eigenvalue weighted by molar-refractivity contribution is 5.48. The Balaban J connectivity index is 1.98. The van der Waals surface area contributed by atoms with Gasteiger partial charge in [-0.2, -0.15) is 4.40 Å². The molecule has 3 rings (SSSR count). The molecule has 2 aromatic heterocycles. The number of imidazole rings is 1. The fraction of sp³-hybridized carbons (Fsp3) is 0.417. The average molecular weight is 261 g/mol. The first kappa shape index (κ1) is 12.1. The average Bonchev–Trinajstić information content (AvgIpc) is 2.92. The van der Waals surface area contributed by atoms with Crippen LogP contribution in [0.4, 0.5) is 5.82 Å². The Kier molecular flexibility index (Phi) is 2.92. The number of nitro groups is 1. The standard InChI is InChI=1S/C12H15N5O2/c13-9-4-6-15(7-9)8-10-12(17(18)19)16-5-2-1-3-11(16)14-10/h1-3,5,9H,4,6-8,13H2/t9-/m1/s1. The first-order chi connectivity index (χ1) is 9.15. The Morgan fingerprint density at radius 2 is 2.37 bits per heavy atom. The maximum absolute atomic E-state index is 11.2. The summed E-state index contributed by atoms with van der Waals surface area (Å²) in [7, 11) is 0. The van der Waals surface area contributed by atoms with Crippen molar-refractivity contribution in [3.05, 3.63) is 40.2 Å². The molecule has 0 bridgehead atoms. The zero-order valence-corrected chi connectivity index (χ0v) is 10.4. The quantitative estimate of drug-likeness (QED) is 0.651. The van der Waals surface area contributed by atoms with Crippen LogP contribution in [0.5, 0.6) is 0 Å². The summed E-state index contributed by atoms with van der Waals surface area (Å²) in [6, 6.07) is 5.52. The van der Waals surface area contributed by atoms with Gasteiger partial charge < -0.3 is 15.8 Å². The van der Waals surface area contributed by atoms with E-state index in [0.717, 1.165) is 19.5 Å². The van der Waals surface area contributed by atoms with Crippen molar-refractivity contribution >= 4 is 11.5 Å². The number of hydrogen-bond acceptors (Lipinski definition) is 5. The maximum Gasteiger partial charge on any atom is 0.352 e. The lowest BCUT2D eigenvalue weighted by atomic mass is 10.3. The maximum atomic E-state index is 11.2. The molecule has 1 fully saturated rings. The lowest BCUT2D eigenvalue weighted by Crippen LogP contribution is -2.26. The highest BCUT2D eigenvalue weighted by atomic mass is 16.6. The summed E-state index contributed by atoms with van der Waals surface area (Å²) >= 11 is 0. The van der Waals surface area contributed by atoms with Gasteiger partial charge in [0.15, 0.2) is 5.69 Å². The first-order valence-electron chi connectivity index (χ1n) is 6.23. The molecule has 0 unspecified atom stereocenters. The molecule has 2 N–H and O–H groups in total. The normalized spacial score (nSPS) is 20.2. The number of pyridine rings is 1. The van der Waals surface area contributed by atoms with E-state index in [1.165, 1.54) is 4.40 Å². The highest BCUT2D eigenvalue weighted by Crippen LogP contribution is 2.23. The fourth-order valence-electron chi connectivity index (χ4n) is 2.55. The molecule has 0 aromatic carbocycles. The SMILES string of the molecule is N[C@@H]1CCN(Cc2nc3ccccn3c2[N+](=O)[O-])C1. The summed E-state index contributed by atoms with van der Waals surface area (Å²) in [4.78, 5) is 17.3. The third kappa shape index (κ3) is 2.18. The predicted octanol–water partition coefficient (Wildman–Crippen LogP) is 0.775. The Labute approximate surface area is 109 Å². The molecule has 0 amide bonds. The Hall–Kier alpha value is -1.99. The molecule has 19 heavy (non-hydrogen) atoms. The molecule has 1 aliphatic heterocycles. The lowest BCUT2D eigenvalue weighted by molar-refractivity contribution is -0.391. The summed E-state index contributed by atoms with van der Waals surface area (Å²) < 4.78 is 1.52. The smallest absolute Gasteiger partial charge is 0.352 e. The molecular weight excluding hydrogens is 246 g/mol. The van der Waals surface area contributed by atoms with Crippen molar-refractivity contribution in [2.75, 3.05) is 13.1 Å². The van der Waals surface area contributed by atoms with E-state index < -0.39 is 0 Å². The van der Waals surface area contributed by atoms with E-state index in [1.807, 2.05) is 6.07 Å². The zero-order valence-electron chi connectivity index (χ0n) is 10.4. The largest absolute Gasteiger partial charge is 0.358 e. The molecular formula is C12H15N5O2. The van der Waals surface area contributed by atoms with Gasteiger partial charge in [0, 0.05) is 31.7 Å². The molecule has 0 saturated carbocycles. The second kappa shape index (κ2) is 4.60. The summed E-state index contributed by atoms with van der Waals surface area (Å²) in [6.07, 6.45) is 2.60. The van der Waals surface area contributed by atoms with Crippen LogP contribution in [0.15, 0.2) is 24.4 Å². The number of hydrogen-bond donors (Lipinski definition) is 1. The summed E-state index contributed by atoms with van der Waals surface area (Å²) in [5.74, 6) is 0.0519. The number of nitrogens with zero attached hydrogens (tertiary/aromatic N) is 4. The molecule has 7 heteroatoms. The van der Waals surface area contributed by atoms with Crippen LogP contribution < -0.4 is 5.73 Å². The van der Waals surface area contributed by atoms with E-state index in [9.17, 15) is 10.1 Å². The molecule has 1 saturated heterocycles. The van der Waals surface area contributed by atoms with Gasteiger partial charge in [-0.3, -0.25) is 4.90 Å². The summed E-state index contributed by atoms with van der Waals surface area (Å²) in [5, 5.41) is 11.2. The van der Waals surface area contributed by atoms with Crippen molar-refractivity contribution in [2.24, 2.45) is 5.73 Å². The minimum Gasteiger partial charge on any atom is -0.358 e. The van der Waals surface area contributed by atoms with Crippen molar-refractivity contribution in [3.8, 4) is 0 Å². The van der Waals surface area contributed by atoms with Gasteiger partial charge in [0.25, 0.3) is 0 Å². The van der Waals surface area contributed by atoms with Crippen LogP contribution in [0.2, 0.25) is 0 Å². The molecule has 0 radical (unpaired) electrons. The summed E-state index contributed by atoms with van der Waals surface area (Å²) in [5.41, 5.74) is 6.96. The van der Waals surface area contributed by atoms with Gasteiger partial charge in [0.2, 0.25) is 5.65 Å². The minimum absolute atomic E-state index is 0.0519. The lowest BCUT2D eigenvalue weighted by Gasteiger charge is -2.12. The molecule has 0 spiro atoms. The third-order valence-corrected chi connectivity index (χ3v) is 3.43. The van der Waals surface area contributed by atoms with Gasteiger partial charge in [-0.15, -0.1) is 0 Å². The minimum atomic E-state index is -0.370. The first-order valence-corrected chi connectivity index (χ1v) is 6.23. The van der Waals surface area contributed by atoms with E-state index >= 15 is 0 Å². The van der Waals surface area contributed by atoms with Gasteiger partial charge in [-0.05, 0) is 17.4 Å². The van der Waals surface area contributed by atoms with Gasteiger partial charge in [0.1, 0.15) is 0 Å². The molecule has 7 nitrogen and oxygen atoms in total. The van der Waals surface area contributed by atoms with E-state index in [4.69, 9.17) is 5.73 Å². The van der Waals surface area contributed by atoms with Crippen LogP contribution in [0.25, 0.3) is 5.65 Å². The second-order valence-electron chi connectivity index (χ2n) is 4.85. The molecule has 1 atom stereocenters. The van der Waals surface area contributed by atoms with E-state index in [0.29, 0.717) is 17.9 Å². The van der Waals surface area contributed by atoms with Gasteiger partial charge in [0.05, 0.1) is 6.20 Å². The van der Waals surface area contributed by atoms with Crippen molar-refractivity contribution < 1.29 is 4.92 Å². The van der Waals surface area contributed by atoms with Gasteiger partial charge >= 0.3 is 5.82 Å². The molecule has 100 valence electrons. The number of nitrogens with two attached hydrogens (primary N) is 1. The van der Waals surface area contributed by atoms with Crippen LogP contribution in [0.1, 0.15) is 12.1 Å². The highest BCUT2D eigenvalue weighted by Gasteiger charge is 2.26. The van der Waals surface area contributed by atoms with Crippen molar-refractivity contribution in [1.29, 1.82) is 0 Å². The monoisotopic (exact) mass is 261 g/mol. The van der Waals surface area contributed by atoms with Gasteiger partial charge in [-0.1, -0.05) is 6.07 Å². The van der Waals surface area contributed by atoms with Crippen LogP contribution in [0.3, 0.4) is 0 Å². The predicted molar refractivity (Wildman–Crippen MR) is 69.7 cm³/mol. The van der Waals surface area contributed by atoms with E-state index in [2.05, 4.69) is 9.88 Å². The molecule has 2 aromatic rings.